The molecule has 2 aromatic carbocycles. The number of rotatable bonds is 8. The average molecular weight is 441 g/mol. The summed E-state index contributed by atoms with van der Waals surface area (Å²) < 4.78 is 5.78. The first kappa shape index (κ1) is 22.6. The number of nitrogens with zero attached hydrogens (tertiary/aromatic N) is 1. The van der Waals surface area contributed by atoms with Crippen molar-refractivity contribution in [3.05, 3.63) is 58.7 Å². The van der Waals surface area contributed by atoms with Crippen molar-refractivity contribution in [1.82, 2.24) is 10.2 Å². The van der Waals surface area contributed by atoms with Gasteiger partial charge >= 0.3 is 0 Å². The van der Waals surface area contributed by atoms with E-state index in [9.17, 15) is 20.1 Å². The number of aryl methyl sites for hydroxylation is 1. The second kappa shape index (κ2) is 10.3. The number of phenols is 1. The lowest BCUT2D eigenvalue weighted by Gasteiger charge is -2.27. The molecule has 1 amide bonds. The Morgan fingerprint density at radius 3 is 2.75 bits per heavy atom. The Morgan fingerprint density at radius 1 is 1.16 bits per heavy atom. The van der Waals surface area contributed by atoms with Crippen molar-refractivity contribution in [3.63, 3.8) is 0 Å². The molecule has 4 N–H and O–H groups in total. The van der Waals surface area contributed by atoms with E-state index < -0.39 is 6.10 Å². The highest BCUT2D eigenvalue weighted by Gasteiger charge is 2.21. The van der Waals surface area contributed by atoms with Crippen LogP contribution >= 0.6 is 0 Å². The third-order valence-corrected chi connectivity index (χ3v) is 6.49. The molecule has 0 radical (unpaired) electrons. The fourth-order valence-electron chi connectivity index (χ4n) is 4.54. The fourth-order valence-corrected chi connectivity index (χ4v) is 4.54. The zero-order valence-corrected chi connectivity index (χ0v) is 18.3. The van der Waals surface area contributed by atoms with Gasteiger partial charge in [-0.05, 0) is 73.1 Å². The number of amides is 1. The maximum absolute atomic E-state index is 12.2. The van der Waals surface area contributed by atoms with E-state index in [4.69, 9.17) is 4.74 Å². The number of carbonyl (C=O) groups is 1. The summed E-state index contributed by atoms with van der Waals surface area (Å²) in [7, 11) is 0. The summed E-state index contributed by atoms with van der Waals surface area (Å²) >= 11 is 0. The molecule has 4 rings (SSSR count). The Morgan fingerprint density at radius 2 is 1.97 bits per heavy atom. The van der Waals surface area contributed by atoms with Crippen LogP contribution in [0.2, 0.25) is 0 Å². The number of aliphatic hydroxyl groups excluding tert-OH is 2. The van der Waals surface area contributed by atoms with Crippen molar-refractivity contribution in [1.29, 1.82) is 0 Å². The molecule has 7 heteroatoms. The number of ether oxygens (including phenoxy) is 1. The van der Waals surface area contributed by atoms with Gasteiger partial charge in [0, 0.05) is 31.2 Å². The second-order valence-corrected chi connectivity index (χ2v) is 8.72. The fraction of sp³-hybridized carbons (Fsp3) is 0.480. The van der Waals surface area contributed by atoms with Gasteiger partial charge in [-0.3, -0.25) is 4.79 Å². The van der Waals surface area contributed by atoms with Gasteiger partial charge in [0.2, 0.25) is 0 Å². The van der Waals surface area contributed by atoms with Gasteiger partial charge in [0.1, 0.15) is 11.5 Å². The molecule has 1 heterocycles. The van der Waals surface area contributed by atoms with Crippen LogP contribution in [0.25, 0.3) is 0 Å². The van der Waals surface area contributed by atoms with Gasteiger partial charge in [-0.15, -0.1) is 0 Å². The quantitative estimate of drug-likeness (QED) is 0.501. The lowest BCUT2D eigenvalue weighted by Crippen LogP contribution is -2.37. The van der Waals surface area contributed by atoms with Crippen LogP contribution in [-0.4, -0.2) is 58.4 Å². The summed E-state index contributed by atoms with van der Waals surface area (Å²) in [5, 5.41) is 33.0. The lowest BCUT2D eigenvalue weighted by molar-refractivity contribution is -0.132. The van der Waals surface area contributed by atoms with E-state index in [2.05, 4.69) is 11.4 Å². The third-order valence-electron chi connectivity index (χ3n) is 6.49. The first-order valence-electron chi connectivity index (χ1n) is 11.4. The molecule has 0 spiro atoms. The maximum atomic E-state index is 12.2. The molecule has 1 aliphatic heterocycles. The van der Waals surface area contributed by atoms with Crippen LogP contribution in [0.15, 0.2) is 36.4 Å². The first-order chi connectivity index (χ1) is 15.5. The van der Waals surface area contributed by atoms with Crippen molar-refractivity contribution >= 4 is 5.91 Å². The topological polar surface area (TPSA) is 102 Å². The molecule has 0 aromatic heterocycles. The first-order valence-corrected chi connectivity index (χ1v) is 11.4. The van der Waals surface area contributed by atoms with Gasteiger partial charge in [0.25, 0.3) is 5.91 Å². The van der Waals surface area contributed by atoms with Crippen LogP contribution in [0.5, 0.6) is 11.5 Å². The van der Waals surface area contributed by atoms with E-state index in [-0.39, 0.29) is 30.9 Å². The number of hydrogen-bond acceptors (Lipinski definition) is 6. The predicted octanol–water partition coefficient (Wildman–Crippen LogP) is 2.07. The molecule has 2 aliphatic rings. The Labute approximate surface area is 188 Å². The van der Waals surface area contributed by atoms with Gasteiger partial charge < -0.3 is 30.3 Å². The molecule has 1 aliphatic carbocycles. The molecule has 2 aromatic rings. The Bertz CT molecular complexity index is 942. The molecule has 0 saturated carbocycles. The number of nitrogens with one attached hydrogen (secondary N) is 1. The Hall–Kier alpha value is -2.61. The molecule has 0 bridgehead atoms. The van der Waals surface area contributed by atoms with Crippen molar-refractivity contribution in [2.24, 2.45) is 0 Å². The van der Waals surface area contributed by atoms with Gasteiger partial charge in [-0.2, -0.15) is 0 Å². The summed E-state index contributed by atoms with van der Waals surface area (Å²) in [6, 6.07) is 11.1. The number of hydrogen-bond donors (Lipinski definition) is 4. The zero-order chi connectivity index (χ0) is 22.5. The predicted molar refractivity (Wildman–Crippen MR) is 121 cm³/mol. The van der Waals surface area contributed by atoms with Crippen molar-refractivity contribution in [3.8, 4) is 11.5 Å². The number of aliphatic hydroxyl groups is 2. The minimum atomic E-state index is -0.728. The molecule has 2 atom stereocenters. The summed E-state index contributed by atoms with van der Waals surface area (Å²) in [6.45, 7) is 1.85. The van der Waals surface area contributed by atoms with Crippen LogP contribution in [-0.2, 0) is 24.2 Å². The normalized spacial score (nSPS) is 18.9. The molecule has 0 unspecified atom stereocenters. The number of fused-ring (bicyclic) bond motifs is 1. The molecular weight excluding hydrogens is 408 g/mol. The average Bonchev–Trinajstić information content (AvgIpc) is 3.36. The maximum Gasteiger partial charge on any atom is 0.260 e. The highest BCUT2D eigenvalue weighted by Crippen LogP contribution is 2.27. The molecule has 172 valence electrons. The number of carbonyl (C=O) groups excluding carboxylic acids is 1. The summed E-state index contributed by atoms with van der Waals surface area (Å²) in [6.07, 6.45) is 4.17. The summed E-state index contributed by atoms with van der Waals surface area (Å²) in [4.78, 5) is 14.1. The highest BCUT2D eigenvalue weighted by molar-refractivity contribution is 5.78. The molecule has 1 saturated heterocycles. The number of benzene rings is 2. The zero-order valence-electron chi connectivity index (χ0n) is 18.3. The standard InChI is InChI=1S/C25H32N2O5/c28-15-20-11-18(5-8-23(20)29)24(30)14-26-21-6-3-17-4-7-22(13-19(17)12-21)32-16-25(31)27-9-1-2-10-27/h4-5,7-8,11,13,21,24,26,28-30H,1-3,6,9-10,12,14-16H2/t21-,24-/m0/s1. The van der Waals surface area contributed by atoms with Gasteiger partial charge in [-0.1, -0.05) is 12.1 Å². The molecule has 7 nitrogen and oxygen atoms in total. The Kier molecular flexibility index (Phi) is 7.29. The van der Waals surface area contributed by atoms with Gasteiger partial charge in [0.15, 0.2) is 6.61 Å². The molecule has 32 heavy (non-hydrogen) atoms. The molecule has 1 fully saturated rings. The lowest BCUT2D eigenvalue weighted by atomic mass is 9.88. The third kappa shape index (κ3) is 5.41. The van der Waals surface area contributed by atoms with E-state index in [1.165, 1.54) is 17.2 Å². The van der Waals surface area contributed by atoms with Crippen LogP contribution in [0, 0.1) is 0 Å². The van der Waals surface area contributed by atoms with Crippen LogP contribution in [0.3, 0.4) is 0 Å². The van der Waals surface area contributed by atoms with Crippen LogP contribution in [0.4, 0.5) is 0 Å². The van der Waals surface area contributed by atoms with E-state index >= 15 is 0 Å². The van der Waals surface area contributed by atoms with E-state index in [1.54, 1.807) is 12.1 Å². The van der Waals surface area contributed by atoms with Gasteiger partial charge in [-0.25, -0.2) is 0 Å². The van der Waals surface area contributed by atoms with E-state index in [1.807, 2.05) is 17.0 Å². The number of likely N-dealkylation sites (tertiary alicyclic amines) is 1. The molecular formula is C25H32N2O5. The van der Waals surface area contributed by atoms with Crippen LogP contribution in [0.1, 0.15) is 47.6 Å². The van der Waals surface area contributed by atoms with E-state index in [0.717, 1.165) is 50.9 Å². The number of aromatic hydroxyl groups is 1. The van der Waals surface area contributed by atoms with Crippen molar-refractivity contribution < 1.29 is 24.9 Å². The smallest absolute Gasteiger partial charge is 0.260 e. The minimum Gasteiger partial charge on any atom is -0.508 e. The SMILES string of the molecule is O=C(COc1ccc2c(c1)C[C@@H](NC[C@H](O)c1ccc(O)c(CO)c1)CC2)N1CCCC1. The monoisotopic (exact) mass is 440 g/mol. The minimum absolute atomic E-state index is 0.0282. The Balaban J connectivity index is 1.30. The van der Waals surface area contributed by atoms with Crippen molar-refractivity contribution in [2.75, 3.05) is 26.2 Å². The summed E-state index contributed by atoms with van der Waals surface area (Å²) in [5.41, 5.74) is 3.58. The van der Waals surface area contributed by atoms with Gasteiger partial charge in [0.05, 0.1) is 12.7 Å². The highest BCUT2D eigenvalue weighted by atomic mass is 16.5. The van der Waals surface area contributed by atoms with Crippen molar-refractivity contribution in [2.45, 2.75) is 50.9 Å². The van der Waals surface area contributed by atoms with Crippen LogP contribution < -0.4 is 10.1 Å². The summed E-state index contributed by atoms with van der Waals surface area (Å²) in [5.74, 6) is 0.797. The largest absolute Gasteiger partial charge is 0.508 e. The van der Waals surface area contributed by atoms with E-state index in [0.29, 0.717) is 17.7 Å². The second-order valence-electron chi connectivity index (χ2n) is 8.72.